The number of phenols is 1. The molecular formula is C14H21NO3S. The Balaban J connectivity index is 2.16. The second kappa shape index (κ2) is 5.13. The molecular weight excluding hydrogens is 262 g/mol. The lowest BCUT2D eigenvalue weighted by Gasteiger charge is -2.38. The van der Waals surface area contributed by atoms with E-state index in [1.807, 2.05) is 0 Å². The average molecular weight is 283 g/mol. The maximum atomic E-state index is 12.4. The van der Waals surface area contributed by atoms with Crippen LogP contribution in [0.15, 0.2) is 29.2 Å². The Morgan fingerprint density at radius 2 is 1.74 bits per heavy atom. The van der Waals surface area contributed by atoms with E-state index in [1.165, 1.54) is 24.3 Å². The second-order valence-electron chi connectivity index (χ2n) is 5.56. The van der Waals surface area contributed by atoms with Gasteiger partial charge < -0.3 is 5.11 Å². The van der Waals surface area contributed by atoms with Gasteiger partial charge in [-0.1, -0.05) is 20.3 Å². The van der Waals surface area contributed by atoms with Gasteiger partial charge in [0.05, 0.1) is 4.90 Å². The first-order valence-corrected chi connectivity index (χ1v) is 8.11. The molecule has 4 nitrogen and oxygen atoms in total. The van der Waals surface area contributed by atoms with E-state index in [0.717, 1.165) is 19.3 Å². The van der Waals surface area contributed by atoms with Gasteiger partial charge >= 0.3 is 0 Å². The van der Waals surface area contributed by atoms with Crippen LogP contribution in [-0.2, 0) is 10.0 Å². The van der Waals surface area contributed by atoms with Crippen LogP contribution in [0.2, 0.25) is 0 Å². The number of hydrogen-bond acceptors (Lipinski definition) is 3. The van der Waals surface area contributed by atoms with E-state index >= 15 is 0 Å². The molecule has 1 aromatic carbocycles. The quantitative estimate of drug-likeness (QED) is 0.927. The first kappa shape index (κ1) is 14.3. The van der Waals surface area contributed by atoms with Crippen molar-refractivity contribution in [2.75, 3.05) is 13.1 Å². The summed E-state index contributed by atoms with van der Waals surface area (Å²) >= 11 is 0. The van der Waals surface area contributed by atoms with Crippen LogP contribution in [0.3, 0.4) is 0 Å². The van der Waals surface area contributed by atoms with Crippen molar-refractivity contribution in [3.63, 3.8) is 0 Å². The lowest BCUT2D eigenvalue weighted by Crippen LogP contribution is -2.41. The lowest BCUT2D eigenvalue weighted by molar-refractivity contribution is 0.169. The third kappa shape index (κ3) is 2.92. The van der Waals surface area contributed by atoms with Crippen molar-refractivity contribution in [2.45, 2.75) is 38.0 Å². The molecule has 1 aliphatic heterocycles. The topological polar surface area (TPSA) is 57.6 Å². The molecule has 0 spiro atoms. The predicted octanol–water partition coefficient (Wildman–Crippen LogP) is 2.59. The summed E-state index contributed by atoms with van der Waals surface area (Å²) in [6.45, 7) is 5.53. The van der Waals surface area contributed by atoms with Gasteiger partial charge in [0.25, 0.3) is 0 Å². The van der Waals surface area contributed by atoms with E-state index in [9.17, 15) is 13.5 Å². The number of rotatable bonds is 3. The molecule has 1 aromatic rings. The van der Waals surface area contributed by atoms with Crippen molar-refractivity contribution >= 4 is 10.0 Å². The van der Waals surface area contributed by atoms with E-state index in [2.05, 4.69) is 13.8 Å². The Morgan fingerprint density at radius 3 is 2.21 bits per heavy atom. The van der Waals surface area contributed by atoms with Gasteiger partial charge in [0.1, 0.15) is 5.75 Å². The van der Waals surface area contributed by atoms with Gasteiger partial charge in [-0.15, -0.1) is 0 Å². The summed E-state index contributed by atoms with van der Waals surface area (Å²) in [5, 5.41) is 9.22. The van der Waals surface area contributed by atoms with Crippen molar-refractivity contribution in [1.82, 2.24) is 4.31 Å². The Morgan fingerprint density at radius 1 is 1.21 bits per heavy atom. The molecule has 1 fully saturated rings. The minimum Gasteiger partial charge on any atom is -0.508 e. The highest BCUT2D eigenvalue weighted by Gasteiger charge is 2.34. The van der Waals surface area contributed by atoms with Gasteiger partial charge in [-0.05, 0) is 42.5 Å². The fraction of sp³-hybridized carbons (Fsp3) is 0.571. The van der Waals surface area contributed by atoms with E-state index in [4.69, 9.17) is 0 Å². The standard InChI is InChI=1S/C14H21NO3S/c1-3-14(2)8-10-15(11-9-14)19(17,18)13-6-4-12(16)5-7-13/h4-7,16H,3,8-11H2,1-2H3. The summed E-state index contributed by atoms with van der Waals surface area (Å²) < 4.78 is 26.4. The molecule has 0 amide bonds. The number of hydrogen-bond donors (Lipinski definition) is 1. The predicted molar refractivity (Wildman–Crippen MR) is 74.5 cm³/mol. The van der Waals surface area contributed by atoms with Crippen molar-refractivity contribution in [1.29, 1.82) is 0 Å². The minimum atomic E-state index is -3.41. The molecule has 0 atom stereocenters. The first-order chi connectivity index (χ1) is 8.87. The summed E-state index contributed by atoms with van der Waals surface area (Å²) in [6.07, 6.45) is 2.89. The van der Waals surface area contributed by atoms with E-state index < -0.39 is 10.0 Å². The van der Waals surface area contributed by atoms with Gasteiger partial charge in [0, 0.05) is 13.1 Å². The summed E-state index contributed by atoms with van der Waals surface area (Å²) in [7, 11) is -3.41. The minimum absolute atomic E-state index is 0.0798. The van der Waals surface area contributed by atoms with Gasteiger partial charge in [-0.3, -0.25) is 0 Å². The van der Waals surface area contributed by atoms with Crippen LogP contribution in [0.1, 0.15) is 33.1 Å². The number of aromatic hydroxyl groups is 1. The van der Waals surface area contributed by atoms with Crippen LogP contribution in [-0.4, -0.2) is 30.9 Å². The molecule has 1 saturated heterocycles. The highest BCUT2D eigenvalue weighted by Crippen LogP contribution is 2.35. The highest BCUT2D eigenvalue weighted by molar-refractivity contribution is 7.89. The largest absolute Gasteiger partial charge is 0.508 e. The molecule has 1 N–H and O–H groups in total. The van der Waals surface area contributed by atoms with Crippen LogP contribution < -0.4 is 0 Å². The number of nitrogens with zero attached hydrogens (tertiary/aromatic N) is 1. The zero-order chi connectivity index (χ0) is 14.1. The number of benzene rings is 1. The highest BCUT2D eigenvalue weighted by atomic mass is 32.2. The molecule has 1 aliphatic rings. The Labute approximate surface area is 115 Å². The molecule has 0 saturated carbocycles. The molecule has 0 aromatic heterocycles. The van der Waals surface area contributed by atoms with Crippen LogP contribution in [0, 0.1) is 5.41 Å². The summed E-state index contributed by atoms with van der Waals surface area (Å²) in [6, 6.07) is 5.73. The zero-order valence-electron chi connectivity index (χ0n) is 11.5. The fourth-order valence-corrected chi connectivity index (χ4v) is 3.83. The van der Waals surface area contributed by atoms with Crippen molar-refractivity contribution in [3.05, 3.63) is 24.3 Å². The normalized spacial score (nSPS) is 20.3. The summed E-state index contributed by atoms with van der Waals surface area (Å²) in [5.74, 6) is 0.0798. The van der Waals surface area contributed by atoms with Crippen LogP contribution in [0.25, 0.3) is 0 Å². The molecule has 0 aliphatic carbocycles. The average Bonchev–Trinajstić information content (AvgIpc) is 2.40. The SMILES string of the molecule is CCC1(C)CCN(S(=O)(=O)c2ccc(O)cc2)CC1. The molecule has 5 heteroatoms. The van der Waals surface area contributed by atoms with Gasteiger partial charge in [-0.25, -0.2) is 8.42 Å². The van der Waals surface area contributed by atoms with Gasteiger partial charge in [0.2, 0.25) is 10.0 Å². The zero-order valence-corrected chi connectivity index (χ0v) is 12.3. The third-order valence-electron chi connectivity index (χ3n) is 4.26. The molecule has 2 rings (SSSR count). The number of sulfonamides is 1. The van der Waals surface area contributed by atoms with Crippen molar-refractivity contribution in [2.24, 2.45) is 5.41 Å². The molecule has 1 heterocycles. The summed E-state index contributed by atoms with van der Waals surface area (Å²) in [4.78, 5) is 0.255. The van der Waals surface area contributed by atoms with Crippen LogP contribution in [0.5, 0.6) is 5.75 Å². The maximum absolute atomic E-state index is 12.4. The van der Waals surface area contributed by atoms with Crippen LogP contribution >= 0.6 is 0 Å². The summed E-state index contributed by atoms with van der Waals surface area (Å²) in [5.41, 5.74) is 0.265. The molecule has 0 unspecified atom stereocenters. The second-order valence-corrected chi connectivity index (χ2v) is 7.50. The molecule has 0 bridgehead atoms. The Kier molecular flexibility index (Phi) is 3.87. The monoisotopic (exact) mass is 283 g/mol. The van der Waals surface area contributed by atoms with Gasteiger partial charge in [-0.2, -0.15) is 4.31 Å². The Hall–Kier alpha value is -1.07. The number of piperidine rings is 1. The fourth-order valence-electron chi connectivity index (χ4n) is 2.39. The lowest BCUT2D eigenvalue weighted by atomic mass is 9.79. The molecule has 0 radical (unpaired) electrons. The van der Waals surface area contributed by atoms with Gasteiger partial charge in [0.15, 0.2) is 0 Å². The van der Waals surface area contributed by atoms with Crippen molar-refractivity contribution in [3.8, 4) is 5.75 Å². The van der Waals surface area contributed by atoms with E-state index in [-0.39, 0.29) is 16.1 Å². The first-order valence-electron chi connectivity index (χ1n) is 6.67. The van der Waals surface area contributed by atoms with E-state index in [1.54, 1.807) is 4.31 Å². The smallest absolute Gasteiger partial charge is 0.243 e. The van der Waals surface area contributed by atoms with Crippen molar-refractivity contribution < 1.29 is 13.5 Å². The van der Waals surface area contributed by atoms with E-state index in [0.29, 0.717) is 13.1 Å². The maximum Gasteiger partial charge on any atom is 0.243 e. The molecule has 106 valence electrons. The Bertz CT molecular complexity index is 528. The number of phenolic OH excluding ortho intramolecular Hbond substituents is 1. The third-order valence-corrected chi connectivity index (χ3v) is 6.17. The van der Waals surface area contributed by atoms with Crippen LogP contribution in [0.4, 0.5) is 0 Å². The molecule has 19 heavy (non-hydrogen) atoms.